The van der Waals surface area contributed by atoms with E-state index in [1.54, 1.807) is 24.3 Å². The topological polar surface area (TPSA) is 58.4 Å². The number of aromatic nitrogens is 2. The fourth-order valence-corrected chi connectivity index (χ4v) is 3.34. The average Bonchev–Trinajstić information content (AvgIpc) is 3.09. The highest BCUT2D eigenvalue weighted by Crippen LogP contribution is 2.22. The zero-order chi connectivity index (χ0) is 16.4. The molecule has 1 atom stereocenters. The van der Waals surface area contributed by atoms with E-state index < -0.39 is 6.04 Å². The van der Waals surface area contributed by atoms with Gasteiger partial charge in [0.05, 0.1) is 4.88 Å². The van der Waals surface area contributed by atoms with Crippen LogP contribution >= 0.6 is 11.3 Å². The summed E-state index contributed by atoms with van der Waals surface area (Å²) in [4.78, 5) is 29.8. The van der Waals surface area contributed by atoms with Crippen LogP contribution < -0.4 is 5.56 Å². The molecular weight excluding hydrogens is 312 g/mol. The molecule has 1 unspecified atom stereocenters. The monoisotopic (exact) mass is 332 g/mol. The van der Waals surface area contributed by atoms with Gasteiger partial charge in [0.1, 0.15) is 11.7 Å². The van der Waals surface area contributed by atoms with Crippen LogP contribution in [0.5, 0.6) is 0 Å². The first kappa shape index (κ1) is 15.9. The molecule has 122 valence electrons. The Morgan fingerprint density at radius 1 is 1.22 bits per heavy atom. The number of amides is 1. The fraction of sp³-hybridized carbons (Fsp3) is 0.438. The highest BCUT2D eigenvalue weighted by molar-refractivity contribution is 7.13. The van der Waals surface area contributed by atoms with Gasteiger partial charge in [-0.15, -0.1) is 11.3 Å². The minimum absolute atomic E-state index is 0.0453. The third kappa shape index (κ3) is 3.35. The molecule has 0 N–H and O–H groups in total. The summed E-state index contributed by atoms with van der Waals surface area (Å²) in [6, 6.07) is 6.49. The Kier molecular flexibility index (Phi) is 4.58. The number of carbonyl (C=O) groups excluding carboxylic acids is 1. The van der Waals surface area contributed by atoms with Crippen molar-refractivity contribution >= 4 is 17.2 Å². The molecule has 3 rings (SSSR count). The molecular formula is C16H20N4O2S. The highest BCUT2D eigenvalue weighted by atomic mass is 32.1. The van der Waals surface area contributed by atoms with Crippen molar-refractivity contribution in [3.8, 4) is 10.6 Å². The van der Waals surface area contributed by atoms with Gasteiger partial charge in [0.15, 0.2) is 0 Å². The van der Waals surface area contributed by atoms with Crippen molar-refractivity contribution in [2.24, 2.45) is 0 Å². The van der Waals surface area contributed by atoms with Gasteiger partial charge in [-0.25, -0.2) is 4.68 Å². The minimum Gasteiger partial charge on any atom is -0.338 e. The summed E-state index contributed by atoms with van der Waals surface area (Å²) in [6.45, 7) is 4.84. The Hall–Kier alpha value is -1.99. The van der Waals surface area contributed by atoms with Gasteiger partial charge >= 0.3 is 0 Å². The molecule has 7 heteroatoms. The van der Waals surface area contributed by atoms with Crippen LogP contribution in [-0.2, 0) is 4.79 Å². The van der Waals surface area contributed by atoms with Crippen molar-refractivity contribution in [1.82, 2.24) is 19.6 Å². The van der Waals surface area contributed by atoms with Gasteiger partial charge in [0.25, 0.3) is 5.56 Å². The lowest BCUT2D eigenvalue weighted by atomic mass is 10.2. The molecule has 1 saturated heterocycles. The van der Waals surface area contributed by atoms with E-state index in [0.717, 1.165) is 23.7 Å². The van der Waals surface area contributed by atoms with E-state index in [-0.39, 0.29) is 11.5 Å². The molecule has 3 heterocycles. The summed E-state index contributed by atoms with van der Waals surface area (Å²) < 4.78 is 1.30. The third-order valence-corrected chi connectivity index (χ3v) is 5.03. The Morgan fingerprint density at radius 2 is 1.96 bits per heavy atom. The molecule has 1 aliphatic rings. The lowest BCUT2D eigenvalue weighted by Gasteiger charge is -2.34. The van der Waals surface area contributed by atoms with Crippen LogP contribution in [0.25, 0.3) is 10.6 Å². The Balaban J connectivity index is 1.84. The molecule has 1 amide bonds. The van der Waals surface area contributed by atoms with Gasteiger partial charge in [-0.2, -0.15) is 5.10 Å². The maximum absolute atomic E-state index is 12.7. The summed E-state index contributed by atoms with van der Waals surface area (Å²) in [5.41, 5.74) is 0.470. The first-order chi connectivity index (χ1) is 11.1. The van der Waals surface area contributed by atoms with E-state index in [9.17, 15) is 9.59 Å². The summed E-state index contributed by atoms with van der Waals surface area (Å²) in [7, 11) is 2.04. The second-order valence-electron chi connectivity index (χ2n) is 5.78. The molecule has 0 bridgehead atoms. The summed E-state index contributed by atoms with van der Waals surface area (Å²) >= 11 is 1.56. The Labute approximate surface area is 139 Å². The van der Waals surface area contributed by atoms with E-state index in [1.807, 2.05) is 29.5 Å². The van der Waals surface area contributed by atoms with Crippen molar-refractivity contribution in [2.45, 2.75) is 13.0 Å². The predicted octanol–water partition coefficient (Wildman–Crippen LogP) is 1.31. The predicted molar refractivity (Wildman–Crippen MR) is 90.6 cm³/mol. The maximum Gasteiger partial charge on any atom is 0.267 e. The van der Waals surface area contributed by atoms with E-state index in [1.165, 1.54) is 10.7 Å². The van der Waals surface area contributed by atoms with Gasteiger partial charge in [0, 0.05) is 32.2 Å². The molecule has 23 heavy (non-hydrogen) atoms. The zero-order valence-electron chi connectivity index (χ0n) is 13.3. The van der Waals surface area contributed by atoms with E-state index in [0.29, 0.717) is 13.1 Å². The van der Waals surface area contributed by atoms with Crippen molar-refractivity contribution in [3.05, 3.63) is 40.0 Å². The first-order valence-electron chi connectivity index (χ1n) is 7.67. The maximum atomic E-state index is 12.7. The van der Waals surface area contributed by atoms with Gasteiger partial charge in [0.2, 0.25) is 5.91 Å². The number of piperazine rings is 1. The molecule has 6 nitrogen and oxygen atoms in total. The van der Waals surface area contributed by atoms with Crippen molar-refractivity contribution in [1.29, 1.82) is 0 Å². The van der Waals surface area contributed by atoms with Crippen LogP contribution in [0.4, 0.5) is 0 Å². The number of nitrogens with zero attached hydrogens (tertiary/aromatic N) is 4. The van der Waals surface area contributed by atoms with Crippen LogP contribution in [0.15, 0.2) is 34.4 Å². The van der Waals surface area contributed by atoms with E-state index in [2.05, 4.69) is 10.00 Å². The second-order valence-corrected chi connectivity index (χ2v) is 6.73. The molecule has 1 fully saturated rings. The smallest absolute Gasteiger partial charge is 0.267 e. The van der Waals surface area contributed by atoms with Crippen LogP contribution in [0.2, 0.25) is 0 Å². The van der Waals surface area contributed by atoms with Crippen molar-refractivity contribution in [3.63, 3.8) is 0 Å². The quantitative estimate of drug-likeness (QED) is 0.850. The largest absolute Gasteiger partial charge is 0.338 e. The van der Waals surface area contributed by atoms with E-state index >= 15 is 0 Å². The summed E-state index contributed by atoms with van der Waals surface area (Å²) in [5, 5.41) is 6.37. The van der Waals surface area contributed by atoms with Crippen LogP contribution in [0.3, 0.4) is 0 Å². The first-order valence-corrected chi connectivity index (χ1v) is 8.55. The number of thiophene rings is 1. The number of rotatable bonds is 3. The Morgan fingerprint density at radius 3 is 2.61 bits per heavy atom. The standard InChI is InChI=1S/C16H20N4O2S/c1-12(16(22)19-9-7-18(2)8-10-19)20-15(21)6-5-13(17-20)14-4-3-11-23-14/h3-6,11-12H,7-10H2,1-2H3. The third-order valence-electron chi connectivity index (χ3n) is 4.14. The second kappa shape index (κ2) is 6.64. The number of carbonyl (C=O) groups is 1. The van der Waals surface area contributed by atoms with Gasteiger partial charge in [-0.3, -0.25) is 9.59 Å². The van der Waals surface area contributed by atoms with Gasteiger partial charge in [-0.05, 0) is 31.5 Å². The summed E-state index contributed by atoms with van der Waals surface area (Å²) in [5.74, 6) is -0.0453. The number of hydrogen-bond donors (Lipinski definition) is 0. The van der Waals surface area contributed by atoms with Crippen molar-refractivity contribution in [2.75, 3.05) is 33.2 Å². The Bertz CT molecular complexity index is 733. The molecule has 0 saturated carbocycles. The lowest BCUT2D eigenvalue weighted by molar-refractivity contribution is -0.136. The van der Waals surface area contributed by atoms with Gasteiger partial charge < -0.3 is 9.80 Å². The zero-order valence-corrected chi connectivity index (χ0v) is 14.1. The van der Waals surface area contributed by atoms with E-state index in [4.69, 9.17) is 0 Å². The fourth-order valence-electron chi connectivity index (χ4n) is 2.65. The van der Waals surface area contributed by atoms with Crippen LogP contribution in [0.1, 0.15) is 13.0 Å². The average molecular weight is 332 g/mol. The van der Waals surface area contributed by atoms with Crippen molar-refractivity contribution < 1.29 is 4.79 Å². The lowest BCUT2D eigenvalue weighted by Crippen LogP contribution is -2.49. The number of hydrogen-bond acceptors (Lipinski definition) is 5. The van der Waals surface area contributed by atoms with Crippen LogP contribution in [0, 0.1) is 0 Å². The molecule has 0 aromatic carbocycles. The molecule has 1 aliphatic heterocycles. The molecule has 0 radical (unpaired) electrons. The SMILES string of the molecule is CC(C(=O)N1CCN(C)CC1)n1nc(-c2cccs2)ccc1=O. The minimum atomic E-state index is -0.592. The molecule has 2 aromatic heterocycles. The van der Waals surface area contributed by atoms with Crippen LogP contribution in [-0.4, -0.2) is 58.7 Å². The highest BCUT2D eigenvalue weighted by Gasteiger charge is 2.26. The summed E-state index contributed by atoms with van der Waals surface area (Å²) in [6.07, 6.45) is 0. The number of likely N-dealkylation sites (N-methyl/N-ethyl adjacent to an activating group) is 1. The molecule has 0 spiro atoms. The molecule has 2 aromatic rings. The normalized spacial score (nSPS) is 17.2. The van der Waals surface area contributed by atoms with Gasteiger partial charge in [-0.1, -0.05) is 6.07 Å². The molecule has 0 aliphatic carbocycles.